The first-order valence-corrected chi connectivity index (χ1v) is 5.39. The molecule has 1 aliphatic heterocycles. The fourth-order valence-electron chi connectivity index (χ4n) is 1.70. The van der Waals surface area contributed by atoms with Crippen LogP contribution in [0.5, 0.6) is 0 Å². The lowest BCUT2D eigenvalue weighted by Crippen LogP contribution is -2.35. The summed E-state index contributed by atoms with van der Waals surface area (Å²) < 4.78 is 10.4. The van der Waals surface area contributed by atoms with Gasteiger partial charge in [-0.25, -0.2) is 4.79 Å². The fourth-order valence-corrected chi connectivity index (χ4v) is 1.70. The van der Waals surface area contributed by atoms with E-state index in [-0.39, 0.29) is 6.09 Å². The van der Waals surface area contributed by atoms with Crippen LogP contribution in [0.4, 0.5) is 4.79 Å². The molecule has 1 amide bonds. The molecule has 1 rings (SSSR count). The van der Waals surface area contributed by atoms with E-state index in [0.717, 1.165) is 26.1 Å². The van der Waals surface area contributed by atoms with Gasteiger partial charge >= 0.3 is 6.09 Å². The number of rotatable bonds is 2. The number of methoxy groups -OCH3 is 1. The Balaban J connectivity index is 2.37. The predicted molar refractivity (Wildman–Crippen MR) is 57.8 cm³/mol. The van der Waals surface area contributed by atoms with Gasteiger partial charge in [0.2, 0.25) is 0 Å². The van der Waals surface area contributed by atoms with Crippen LogP contribution in [0, 0.1) is 5.92 Å². The predicted octanol–water partition coefficient (Wildman–Crippen LogP) is 1.89. The number of ether oxygens (including phenoxy) is 2. The van der Waals surface area contributed by atoms with Crippen LogP contribution in [0.25, 0.3) is 0 Å². The third-order valence-electron chi connectivity index (χ3n) is 2.34. The molecule has 1 aliphatic rings. The average molecular weight is 215 g/mol. The molecule has 4 heteroatoms. The minimum atomic E-state index is -0.406. The molecule has 0 bridgehead atoms. The Morgan fingerprint density at radius 3 is 2.67 bits per heavy atom. The summed E-state index contributed by atoms with van der Waals surface area (Å²) in [6.45, 7) is 7.90. The summed E-state index contributed by atoms with van der Waals surface area (Å²) in [5, 5.41) is 0. The van der Waals surface area contributed by atoms with Crippen molar-refractivity contribution in [1.29, 1.82) is 0 Å². The van der Waals surface area contributed by atoms with Crippen molar-refractivity contribution in [2.45, 2.75) is 32.8 Å². The third-order valence-corrected chi connectivity index (χ3v) is 2.34. The molecular formula is C11H21NO3. The molecule has 1 fully saturated rings. The summed E-state index contributed by atoms with van der Waals surface area (Å²) in [6.07, 6.45) is 0.800. The second kappa shape index (κ2) is 4.84. The number of hydrogen-bond donors (Lipinski definition) is 0. The molecule has 0 radical (unpaired) electrons. The molecule has 0 aromatic heterocycles. The van der Waals surface area contributed by atoms with Crippen molar-refractivity contribution in [2.24, 2.45) is 5.92 Å². The Morgan fingerprint density at radius 2 is 2.13 bits per heavy atom. The number of carbonyl (C=O) groups excluding carboxylic acids is 1. The van der Waals surface area contributed by atoms with Gasteiger partial charge in [0.15, 0.2) is 0 Å². The summed E-state index contributed by atoms with van der Waals surface area (Å²) in [6, 6.07) is 0. The van der Waals surface area contributed by atoms with Gasteiger partial charge in [-0.15, -0.1) is 0 Å². The Morgan fingerprint density at radius 1 is 1.47 bits per heavy atom. The zero-order valence-corrected chi connectivity index (χ0v) is 10.1. The monoisotopic (exact) mass is 215 g/mol. The zero-order valence-electron chi connectivity index (χ0n) is 10.1. The summed E-state index contributed by atoms with van der Waals surface area (Å²) in [4.78, 5) is 13.4. The summed E-state index contributed by atoms with van der Waals surface area (Å²) in [7, 11) is 1.69. The maximum atomic E-state index is 11.7. The summed E-state index contributed by atoms with van der Waals surface area (Å²) in [5.41, 5.74) is -0.406. The van der Waals surface area contributed by atoms with E-state index >= 15 is 0 Å². The van der Waals surface area contributed by atoms with Crippen LogP contribution in [-0.2, 0) is 9.47 Å². The van der Waals surface area contributed by atoms with Crippen LogP contribution in [0.2, 0.25) is 0 Å². The molecule has 1 atom stereocenters. The average Bonchev–Trinajstić information content (AvgIpc) is 2.50. The van der Waals surface area contributed by atoms with E-state index in [4.69, 9.17) is 9.47 Å². The molecule has 0 N–H and O–H groups in total. The number of hydrogen-bond acceptors (Lipinski definition) is 3. The van der Waals surface area contributed by atoms with Crippen molar-refractivity contribution in [1.82, 2.24) is 4.90 Å². The second-order valence-electron chi connectivity index (χ2n) is 5.04. The SMILES string of the molecule is COC[C@@H]1CCN(C(=O)OC(C)(C)C)C1. The highest BCUT2D eigenvalue weighted by atomic mass is 16.6. The highest BCUT2D eigenvalue weighted by Gasteiger charge is 2.29. The maximum Gasteiger partial charge on any atom is 0.410 e. The van der Waals surface area contributed by atoms with E-state index in [1.807, 2.05) is 20.8 Å². The standard InChI is InChI=1S/C11H21NO3/c1-11(2,3)15-10(13)12-6-5-9(7-12)8-14-4/h9H,5-8H2,1-4H3/t9-/m1/s1. The van der Waals surface area contributed by atoms with Gasteiger partial charge < -0.3 is 14.4 Å². The maximum absolute atomic E-state index is 11.7. The molecule has 0 spiro atoms. The zero-order chi connectivity index (χ0) is 11.5. The molecule has 4 nitrogen and oxygen atoms in total. The van der Waals surface area contributed by atoms with Gasteiger partial charge in [-0.2, -0.15) is 0 Å². The van der Waals surface area contributed by atoms with Crippen molar-refractivity contribution in [2.75, 3.05) is 26.8 Å². The van der Waals surface area contributed by atoms with E-state index in [9.17, 15) is 4.79 Å². The normalized spacial score (nSPS) is 21.9. The lowest BCUT2D eigenvalue weighted by atomic mass is 10.1. The minimum Gasteiger partial charge on any atom is -0.444 e. The van der Waals surface area contributed by atoms with Crippen LogP contribution < -0.4 is 0 Å². The second-order valence-corrected chi connectivity index (χ2v) is 5.04. The Labute approximate surface area is 91.5 Å². The van der Waals surface area contributed by atoms with Crippen molar-refractivity contribution in [3.8, 4) is 0 Å². The van der Waals surface area contributed by atoms with Gasteiger partial charge in [-0.1, -0.05) is 0 Å². The molecule has 88 valence electrons. The Hall–Kier alpha value is -0.770. The highest BCUT2D eigenvalue weighted by molar-refractivity contribution is 5.68. The Kier molecular flexibility index (Phi) is 3.97. The number of nitrogens with zero attached hydrogens (tertiary/aromatic N) is 1. The first-order valence-electron chi connectivity index (χ1n) is 5.39. The van der Waals surface area contributed by atoms with Crippen molar-refractivity contribution in [3.63, 3.8) is 0 Å². The first kappa shape index (κ1) is 12.3. The summed E-state index contributed by atoms with van der Waals surface area (Å²) >= 11 is 0. The molecule has 0 saturated carbocycles. The molecule has 0 aromatic carbocycles. The van der Waals surface area contributed by atoms with Crippen LogP contribution in [0.1, 0.15) is 27.2 Å². The molecule has 1 heterocycles. The van der Waals surface area contributed by atoms with E-state index in [2.05, 4.69) is 0 Å². The molecule has 0 aromatic rings. The van der Waals surface area contributed by atoms with Gasteiger partial charge in [-0.3, -0.25) is 0 Å². The van der Waals surface area contributed by atoms with Crippen LogP contribution in [-0.4, -0.2) is 43.4 Å². The van der Waals surface area contributed by atoms with Crippen LogP contribution in [0.3, 0.4) is 0 Å². The van der Waals surface area contributed by atoms with Crippen LogP contribution in [0.15, 0.2) is 0 Å². The van der Waals surface area contributed by atoms with Crippen molar-refractivity contribution < 1.29 is 14.3 Å². The van der Waals surface area contributed by atoms with Gasteiger partial charge in [0.1, 0.15) is 5.60 Å². The van der Waals surface area contributed by atoms with Gasteiger partial charge in [0.05, 0.1) is 6.61 Å². The molecule has 0 unspecified atom stereocenters. The fraction of sp³-hybridized carbons (Fsp3) is 0.909. The highest BCUT2D eigenvalue weighted by Crippen LogP contribution is 2.19. The number of likely N-dealkylation sites (tertiary alicyclic amines) is 1. The van der Waals surface area contributed by atoms with Gasteiger partial charge in [0, 0.05) is 26.1 Å². The lowest BCUT2D eigenvalue weighted by Gasteiger charge is -2.24. The topological polar surface area (TPSA) is 38.8 Å². The largest absolute Gasteiger partial charge is 0.444 e. The first-order chi connectivity index (χ1) is 6.92. The molecule has 0 aliphatic carbocycles. The van der Waals surface area contributed by atoms with Gasteiger partial charge in [-0.05, 0) is 27.2 Å². The van der Waals surface area contributed by atoms with Gasteiger partial charge in [0.25, 0.3) is 0 Å². The smallest absolute Gasteiger partial charge is 0.410 e. The molecular weight excluding hydrogens is 194 g/mol. The van der Waals surface area contributed by atoms with Crippen molar-refractivity contribution >= 4 is 6.09 Å². The lowest BCUT2D eigenvalue weighted by molar-refractivity contribution is 0.0280. The molecule has 1 saturated heterocycles. The Bertz CT molecular complexity index is 222. The van der Waals surface area contributed by atoms with Crippen molar-refractivity contribution in [3.05, 3.63) is 0 Å². The number of carbonyl (C=O) groups is 1. The number of amides is 1. The quantitative estimate of drug-likeness (QED) is 0.706. The minimum absolute atomic E-state index is 0.207. The van der Waals surface area contributed by atoms with Crippen LogP contribution >= 0.6 is 0 Å². The summed E-state index contributed by atoms with van der Waals surface area (Å²) in [5.74, 6) is 0.461. The van der Waals surface area contributed by atoms with E-state index < -0.39 is 5.60 Å². The van der Waals surface area contributed by atoms with E-state index in [0.29, 0.717) is 5.92 Å². The van der Waals surface area contributed by atoms with E-state index in [1.165, 1.54) is 0 Å². The van der Waals surface area contributed by atoms with E-state index in [1.54, 1.807) is 12.0 Å². The molecule has 15 heavy (non-hydrogen) atoms. The third kappa shape index (κ3) is 4.08.